The highest BCUT2D eigenvalue weighted by molar-refractivity contribution is 7.89. The summed E-state index contributed by atoms with van der Waals surface area (Å²) in [5.74, 6) is -6.92. The van der Waals surface area contributed by atoms with Crippen molar-refractivity contribution in [2.75, 3.05) is 18.4 Å². The van der Waals surface area contributed by atoms with Crippen LogP contribution >= 0.6 is 0 Å². The van der Waals surface area contributed by atoms with Gasteiger partial charge in [-0.2, -0.15) is 4.31 Å². The van der Waals surface area contributed by atoms with Crippen molar-refractivity contribution in [2.45, 2.75) is 30.3 Å². The van der Waals surface area contributed by atoms with Crippen LogP contribution in [-0.2, 0) is 10.0 Å². The third kappa shape index (κ3) is 4.62. The lowest BCUT2D eigenvalue weighted by atomic mass is 10.2. The standard InChI is InChI=1S/C19H17F5N2O3S/c20-12-3-1-2-6-26(10-12)30(28,29)17-7-11(4-5-14(17)21)19(27)25-13-8-15(22)18(24)16(23)9-13/h4-5,7-9,12H,1-3,6,10H2,(H,25,27). The van der Waals surface area contributed by atoms with Crippen LogP contribution in [0.5, 0.6) is 0 Å². The van der Waals surface area contributed by atoms with Crippen molar-refractivity contribution in [1.29, 1.82) is 0 Å². The van der Waals surface area contributed by atoms with Crippen molar-refractivity contribution < 1.29 is 35.2 Å². The minimum atomic E-state index is -4.43. The van der Waals surface area contributed by atoms with E-state index in [4.69, 9.17) is 0 Å². The van der Waals surface area contributed by atoms with Crippen LogP contribution in [0.3, 0.4) is 0 Å². The van der Waals surface area contributed by atoms with Gasteiger partial charge in [-0.15, -0.1) is 0 Å². The Hall–Kier alpha value is -2.53. The maximum atomic E-state index is 14.3. The first kappa shape index (κ1) is 22.2. The van der Waals surface area contributed by atoms with Gasteiger partial charge in [0.05, 0.1) is 0 Å². The lowest BCUT2D eigenvalue weighted by Crippen LogP contribution is -2.35. The number of amides is 1. The predicted octanol–water partition coefficient (Wildman–Crippen LogP) is 4.01. The molecule has 1 saturated heterocycles. The third-order valence-corrected chi connectivity index (χ3v) is 6.51. The van der Waals surface area contributed by atoms with Crippen LogP contribution in [0.2, 0.25) is 0 Å². The van der Waals surface area contributed by atoms with Crippen molar-refractivity contribution in [1.82, 2.24) is 4.31 Å². The number of hydrogen-bond acceptors (Lipinski definition) is 3. The van der Waals surface area contributed by atoms with Crippen LogP contribution in [0.4, 0.5) is 27.6 Å². The number of alkyl halides is 1. The van der Waals surface area contributed by atoms with E-state index in [1.807, 2.05) is 0 Å². The van der Waals surface area contributed by atoms with Crippen LogP contribution in [0.15, 0.2) is 35.2 Å². The number of anilines is 1. The average molecular weight is 448 g/mol. The molecule has 0 aliphatic carbocycles. The number of sulfonamides is 1. The van der Waals surface area contributed by atoms with Crippen molar-refractivity contribution in [3.63, 3.8) is 0 Å². The van der Waals surface area contributed by atoms with E-state index in [0.29, 0.717) is 25.0 Å². The van der Waals surface area contributed by atoms with Crippen molar-refractivity contribution in [3.05, 3.63) is 59.2 Å². The van der Waals surface area contributed by atoms with Crippen LogP contribution in [-0.4, -0.2) is 37.9 Å². The summed E-state index contributed by atoms with van der Waals surface area (Å²) in [5, 5.41) is 2.09. The molecule has 0 bridgehead atoms. The quantitative estimate of drug-likeness (QED) is 0.568. The van der Waals surface area contributed by atoms with Crippen LogP contribution in [0, 0.1) is 23.3 Å². The molecule has 1 unspecified atom stereocenters. The second-order valence-corrected chi connectivity index (χ2v) is 8.72. The largest absolute Gasteiger partial charge is 0.322 e. The van der Waals surface area contributed by atoms with E-state index < -0.39 is 62.5 Å². The Morgan fingerprint density at radius 3 is 2.33 bits per heavy atom. The number of halogens is 5. The normalized spacial score (nSPS) is 18.1. The highest BCUT2D eigenvalue weighted by atomic mass is 32.2. The van der Waals surface area contributed by atoms with E-state index in [0.717, 1.165) is 22.5 Å². The molecule has 5 nitrogen and oxygen atoms in total. The molecule has 30 heavy (non-hydrogen) atoms. The SMILES string of the molecule is O=C(Nc1cc(F)c(F)c(F)c1)c1ccc(F)c(S(=O)(=O)N2CCCCC(F)C2)c1. The van der Waals surface area contributed by atoms with Crippen molar-refractivity contribution >= 4 is 21.6 Å². The molecular weight excluding hydrogens is 431 g/mol. The molecule has 0 aromatic heterocycles. The molecule has 1 amide bonds. The molecule has 11 heteroatoms. The maximum absolute atomic E-state index is 14.3. The summed E-state index contributed by atoms with van der Waals surface area (Å²) in [7, 11) is -4.43. The zero-order valence-corrected chi connectivity index (χ0v) is 16.3. The number of hydrogen-bond donors (Lipinski definition) is 1. The van der Waals surface area contributed by atoms with Gasteiger partial charge in [-0.1, -0.05) is 0 Å². The summed E-state index contributed by atoms with van der Waals surface area (Å²) >= 11 is 0. The molecule has 0 spiro atoms. The second kappa shape index (κ2) is 8.68. The Morgan fingerprint density at radius 1 is 1.00 bits per heavy atom. The Balaban J connectivity index is 1.90. The molecule has 2 aromatic rings. The van der Waals surface area contributed by atoms with Crippen molar-refractivity contribution in [2.24, 2.45) is 0 Å². The van der Waals surface area contributed by atoms with Crippen LogP contribution in [0.25, 0.3) is 0 Å². The first-order chi connectivity index (χ1) is 14.1. The Morgan fingerprint density at radius 2 is 1.67 bits per heavy atom. The summed E-state index contributed by atoms with van der Waals surface area (Å²) in [4.78, 5) is 11.5. The molecule has 1 aliphatic heterocycles. The van der Waals surface area contributed by atoms with Gasteiger partial charge in [0.25, 0.3) is 5.91 Å². The van der Waals surface area contributed by atoms with E-state index in [9.17, 15) is 35.2 Å². The van der Waals surface area contributed by atoms with E-state index in [1.165, 1.54) is 0 Å². The first-order valence-electron chi connectivity index (χ1n) is 8.99. The molecule has 0 saturated carbocycles. The van der Waals surface area contributed by atoms with E-state index in [-0.39, 0.29) is 18.5 Å². The van der Waals surface area contributed by atoms with Gasteiger partial charge in [0.2, 0.25) is 10.0 Å². The Bertz CT molecular complexity index is 1050. The van der Waals surface area contributed by atoms with E-state index in [2.05, 4.69) is 5.32 Å². The summed E-state index contributed by atoms with van der Waals surface area (Å²) < 4.78 is 94.2. The lowest BCUT2D eigenvalue weighted by Gasteiger charge is -2.21. The number of carbonyl (C=O) groups excluding carboxylic acids is 1. The minimum absolute atomic E-state index is 0.00670. The molecule has 1 fully saturated rings. The zero-order valence-electron chi connectivity index (χ0n) is 15.5. The fraction of sp³-hybridized carbons (Fsp3) is 0.316. The molecular formula is C19H17F5N2O3S. The number of benzene rings is 2. The molecule has 1 heterocycles. The molecule has 162 valence electrons. The van der Waals surface area contributed by atoms with Gasteiger partial charge in [0, 0.05) is 36.5 Å². The van der Waals surface area contributed by atoms with E-state index >= 15 is 0 Å². The fourth-order valence-electron chi connectivity index (χ4n) is 3.09. The summed E-state index contributed by atoms with van der Waals surface area (Å²) in [6.07, 6.45) is -0.298. The number of carbonyl (C=O) groups is 1. The highest BCUT2D eigenvalue weighted by Gasteiger charge is 2.31. The molecule has 2 aromatic carbocycles. The van der Waals surface area contributed by atoms with Gasteiger partial charge in [0.1, 0.15) is 16.9 Å². The van der Waals surface area contributed by atoms with Gasteiger partial charge < -0.3 is 5.32 Å². The molecule has 1 aliphatic rings. The van der Waals surface area contributed by atoms with Gasteiger partial charge in [-0.05, 0) is 37.5 Å². The fourth-order valence-corrected chi connectivity index (χ4v) is 4.68. The van der Waals surface area contributed by atoms with Crippen molar-refractivity contribution in [3.8, 4) is 0 Å². The Kier molecular flexibility index (Phi) is 6.41. The molecule has 1 atom stereocenters. The van der Waals surface area contributed by atoms with Gasteiger partial charge in [-0.25, -0.2) is 30.4 Å². The minimum Gasteiger partial charge on any atom is -0.322 e. The van der Waals surface area contributed by atoms with Gasteiger partial charge in [-0.3, -0.25) is 4.79 Å². The predicted molar refractivity (Wildman–Crippen MR) is 98.2 cm³/mol. The second-order valence-electron chi connectivity index (χ2n) is 6.81. The number of rotatable bonds is 4. The zero-order chi connectivity index (χ0) is 22.1. The number of nitrogens with one attached hydrogen (secondary N) is 1. The number of nitrogens with zero attached hydrogens (tertiary/aromatic N) is 1. The molecule has 1 N–H and O–H groups in total. The maximum Gasteiger partial charge on any atom is 0.255 e. The van der Waals surface area contributed by atoms with Crippen LogP contribution in [0.1, 0.15) is 29.6 Å². The smallest absolute Gasteiger partial charge is 0.255 e. The first-order valence-corrected chi connectivity index (χ1v) is 10.4. The monoisotopic (exact) mass is 448 g/mol. The van der Waals surface area contributed by atoms with Crippen LogP contribution < -0.4 is 5.32 Å². The van der Waals surface area contributed by atoms with Gasteiger partial charge >= 0.3 is 0 Å². The van der Waals surface area contributed by atoms with Gasteiger partial charge in [0.15, 0.2) is 17.5 Å². The van der Waals surface area contributed by atoms with E-state index in [1.54, 1.807) is 0 Å². The molecule has 0 radical (unpaired) electrons. The summed E-state index contributed by atoms with van der Waals surface area (Å²) in [5.41, 5.74) is -0.746. The highest BCUT2D eigenvalue weighted by Crippen LogP contribution is 2.25. The Labute approximate surface area is 169 Å². The third-order valence-electron chi connectivity index (χ3n) is 4.63. The molecule has 3 rings (SSSR count). The summed E-state index contributed by atoms with van der Waals surface area (Å²) in [6, 6.07) is 3.55. The average Bonchev–Trinajstić information content (AvgIpc) is 2.91. The summed E-state index contributed by atoms with van der Waals surface area (Å²) in [6.45, 7) is -0.418. The lowest BCUT2D eigenvalue weighted by molar-refractivity contribution is 0.102. The topological polar surface area (TPSA) is 66.5 Å².